The minimum Gasteiger partial charge on any atom is -0.462 e. The van der Waals surface area contributed by atoms with Crippen molar-refractivity contribution in [3.63, 3.8) is 0 Å². The van der Waals surface area contributed by atoms with Crippen LogP contribution >= 0.6 is 22.9 Å². The Kier molecular flexibility index (Phi) is 6.73. The third-order valence-corrected chi connectivity index (χ3v) is 8.53. The van der Waals surface area contributed by atoms with Crippen LogP contribution in [0.5, 0.6) is 6.01 Å². The van der Waals surface area contributed by atoms with Crippen molar-refractivity contribution < 1.29 is 14.2 Å². The maximum Gasteiger partial charge on any atom is 0.319 e. The van der Waals surface area contributed by atoms with E-state index in [9.17, 15) is 5.11 Å². The molecule has 3 atom stereocenters. The van der Waals surface area contributed by atoms with Crippen LogP contribution in [-0.2, 0) is 0 Å². The van der Waals surface area contributed by atoms with Crippen LogP contribution in [-0.4, -0.2) is 76.4 Å². The van der Waals surface area contributed by atoms with Gasteiger partial charge in [-0.3, -0.25) is 0 Å². The number of likely N-dealkylation sites (tertiary alicyclic amines) is 1. The van der Waals surface area contributed by atoms with Crippen LogP contribution in [0.1, 0.15) is 19.3 Å². The number of halogens is 2. The van der Waals surface area contributed by atoms with Crippen LogP contribution in [0.4, 0.5) is 15.3 Å². The van der Waals surface area contributed by atoms with E-state index < -0.39 is 11.9 Å². The first kappa shape index (κ1) is 25.4. The Morgan fingerprint density at radius 3 is 2.84 bits per heavy atom. The molecule has 4 heterocycles. The van der Waals surface area contributed by atoms with Gasteiger partial charge in [0.1, 0.15) is 17.9 Å². The van der Waals surface area contributed by atoms with Gasteiger partial charge in [0.15, 0.2) is 10.9 Å². The number of aliphatic hydroxyl groups excluding tert-OH is 1. The molecule has 2 aromatic heterocycles. The van der Waals surface area contributed by atoms with Crippen LogP contribution < -0.4 is 21.1 Å². The number of para-hydroxylation sites is 1. The highest BCUT2D eigenvalue weighted by Crippen LogP contribution is 2.42. The molecule has 2 aliphatic heterocycles. The quantitative estimate of drug-likeness (QED) is 0.337. The molecule has 4 aromatic rings. The molecular formula is C26H29ClFN7O2S. The summed E-state index contributed by atoms with van der Waals surface area (Å²) in [6.45, 7) is 2.16. The molecule has 0 saturated carbocycles. The van der Waals surface area contributed by atoms with Gasteiger partial charge >= 0.3 is 6.01 Å². The lowest BCUT2D eigenvalue weighted by molar-refractivity contribution is 0.145. The van der Waals surface area contributed by atoms with Gasteiger partial charge in [-0.15, -0.1) is 0 Å². The summed E-state index contributed by atoms with van der Waals surface area (Å²) in [7, 11) is 2.06. The molecule has 0 bridgehead atoms. The number of nitrogens with two attached hydrogens (primary N) is 2. The second-order valence-electron chi connectivity index (χ2n) is 10.1. The number of rotatable bonds is 5. The van der Waals surface area contributed by atoms with E-state index in [0.29, 0.717) is 53.5 Å². The summed E-state index contributed by atoms with van der Waals surface area (Å²) in [5.41, 5.74) is 13.5. The predicted molar refractivity (Wildman–Crippen MR) is 149 cm³/mol. The lowest BCUT2D eigenvalue weighted by Crippen LogP contribution is -2.49. The van der Waals surface area contributed by atoms with E-state index in [-0.39, 0.29) is 34.2 Å². The molecule has 5 N–H and O–H groups in total. The van der Waals surface area contributed by atoms with E-state index in [0.717, 1.165) is 24.1 Å². The molecule has 0 aliphatic carbocycles. The molecule has 0 radical (unpaired) electrons. The minimum atomic E-state index is -0.632. The highest BCUT2D eigenvalue weighted by atomic mass is 35.5. The van der Waals surface area contributed by atoms with Gasteiger partial charge in [-0.1, -0.05) is 35.1 Å². The van der Waals surface area contributed by atoms with Crippen LogP contribution in [0.15, 0.2) is 24.3 Å². The Bertz CT molecular complexity index is 1510. The average molecular weight is 558 g/mol. The fourth-order valence-electron chi connectivity index (χ4n) is 5.52. The number of β-amino-alcohol motifs (C(OH)–C–C–N with tert-alkyl or cyclic N) is 1. The fraction of sp³-hybridized carbons (Fsp3) is 0.423. The van der Waals surface area contributed by atoms with Crippen molar-refractivity contribution in [3.8, 4) is 17.1 Å². The predicted octanol–water partition coefficient (Wildman–Crippen LogP) is 3.65. The number of hydrogen-bond donors (Lipinski definition) is 3. The first-order valence-electron chi connectivity index (χ1n) is 12.6. The summed E-state index contributed by atoms with van der Waals surface area (Å²) in [5.74, 6) is -0.164. The van der Waals surface area contributed by atoms with Crippen LogP contribution in [0, 0.1) is 5.82 Å². The molecule has 9 nitrogen and oxygen atoms in total. The largest absolute Gasteiger partial charge is 0.462 e. The van der Waals surface area contributed by atoms with E-state index in [1.54, 1.807) is 12.1 Å². The number of ether oxygens (including phenoxy) is 1. The number of piperidine rings is 1. The van der Waals surface area contributed by atoms with E-state index in [2.05, 4.69) is 26.9 Å². The van der Waals surface area contributed by atoms with Crippen molar-refractivity contribution in [2.24, 2.45) is 5.73 Å². The van der Waals surface area contributed by atoms with E-state index in [1.165, 1.54) is 11.3 Å². The van der Waals surface area contributed by atoms with E-state index in [1.807, 2.05) is 17.0 Å². The molecule has 2 aromatic carbocycles. The summed E-state index contributed by atoms with van der Waals surface area (Å²) in [6, 6.07) is 7.20. The Labute approximate surface area is 228 Å². The zero-order valence-corrected chi connectivity index (χ0v) is 22.5. The maximum atomic E-state index is 16.4. The zero-order chi connectivity index (χ0) is 26.6. The Balaban J connectivity index is 1.51. The number of nitrogens with zero attached hydrogens (tertiary/aromatic N) is 5. The number of aliphatic hydroxyl groups is 1. The summed E-state index contributed by atoms with van der Waals surface area (Å²) < 4.78 is 23.3. The van der Waals surface area contributed by atoms with Crippen LogP contribution in [0.2, 0.25) is 5.02 Å². The first-order valence-corrected chi connectivity index (χ1v) is 13.8. The Hall–Kier alpha value is -2.83. The third kappa shape index (κ3) is 4.62. The lowest BCUT2D eigenvalue weighted by Gasteiger charge is -2.35. The Morgan fingerprint density at radius 2 is 2.08 bits per heavy atom. The fourth-order valence-corrected chi connectivity index (χ4v) is 6.58. The normalized spacial score (nSPS) is 22.6. The highest BCUT2D eigenvalue weighted by Gasteiger charge is 2.29. The monoisotopic (exact) mass is 557 g/mol. The SMILES string of the molecule is CN1CCCC1COc1nc(N2C[C@H](N)C[C@@H](O)C2)c2cc(Cl)c(-c3cccc4sc(N)nc34)c(F)c2n1. The minimum absolute atomic E-state index is 0.0738. The molecular weight excluding hydrogens is 529 g/mol. The van der Waals surface area contributed by atoms with Gasteiger partial charge in [-0.2, -0.15) is 9.97 Å². The Morgan fingerprint density at radius 1 is 1.24 bits per heavy atom. The average Bonchev–Trinajstić information content (AvgIpc) is 3.46. The summed E-state index contributed by atoms with van der Waals surface area (Å²) in [4.78, 5) is 17.7. The molecule has 12 heteroatoms. The summed E-state index contributed by atoms with van der Waals surface area (Å²) in [5, 5.41) is 11.4. The van der Waals surface area contributed by atoms with Gasteiger partial charge in [0.2, 0.25) is 0 Å². The number of nitrogen functional groups attached to an aromatic ring is 1. The second-order valence-corrected chi connectivity index (χ2v) is 11.6. The molecule has 0 spiro atoms. The third-order valence-electron chi connectivity index (χ3n) is 7.38. The van der Waals surface area contributed by atoms with Crippen molar-refractivity contribution in [3.05, 3.63) is 35.1 Å². The van der Waals surface area contributed by atoms with Gasteiger partial charge in [-0.05, 0) is 45.0 Å². The second kappa shape index (κ2) is 10.0. The van der Waals surface area contributed by atoms with Crippen LogP contribution in [0.25, 0.3) is 32.2 Å². The molecule has 6 rings (SSSR count). The molecule has 2 fully saturated rings. The van der Waals surface area contributed by atoms with Crippen molar-refractivity contribution in [2.75, 3.05) is 43.9 Å². The topological polar surface area (TPSA) is 127 Å². The van der Waals surface area contributed by atoms with E-state index >= 15 is 4.39 Å². The first-order chi connectivity index (χ1) is 18.3. The smallest absolute Gasteiger partial charge is 0.319 e. The number of thiazole rings is 1. The number of benzene rings is 2. The molecule has 38 heavy (non-hydrogen) atoms. The number of hydrogen-bond acceptors (Lipinski definition) is 10. The molecule has 2 aliphatic rings. The van der Waals surface area contributed by atoms with Gasteiger partial charge in [-0.25, -0.2) is 9.37 Å². The van der Waals surface area contributed by atoms with Gasteiger partial charge in [0.05, 0.1) is 21.3 Å². The molecule has 0 amide bonds. The van der Waals surface area contributed by atoms with Gasteiger partial charge in [0.25, 0.3) is 0 Å². The van der Waals surface area contributed by atoms with E-state index in [4.69, 9.17) is 27.8 Å². The highest BCUT2D eigenvalue weighted by molar-refractivity contribution is 7.22. The lowest BCUT2D eigenvalue weighted by atomic mass is 10.0. The van der Waals surface area contributed by atoms with Crippen molar-refractivity contribution >= 4 is 55.0 Å². The molecule has 2 saturated heterocycles. The van der Waals surface area contributed by atoms with Crippen molar-refractivity contribution in [2.45, 2.75) is 37.5 Å². The standard InChI is InChI=1S/C26H29ClFN7O2S/c1-34-7-3-4-14(34)12-37-26-32-23-17(24(33-26)35-10-13(29)8-15(36)11-35)9-18(27)20(21(23)28)16-5-2-6-19-22(16)31-25(30)38-19/h2,5-6,9,13-15,36H,3-4,7-8,10-12,29H2,1H3,(H2,30,31)/t13-,14?,15-/m1/s1. The van der Waals surface area contributed by atoms with Crippen molar-refractivity contribution in [1.82, 2.24) is 19.9 Å². The van der Waals surface area contributed by atoms with Gasteiger partial charge in [0, 0.05) is 41.7 Å². The summed E-state index contributed by atoms with van der Waals surface area (Å²) in [6.07, 6.45) is 1.96. The van der Waals surface area contributed by atoms with Crippen molar-refractivity contribution in [1.29, 1.82) is 0 Å². The molecule has 1 unspecified atom stereocenters. The maximum absolute atomic E-state index is 16.4. The molecule has 200 valence electrons. The summed E-state index contributed by atoms with van der Waals surface area (Å²) >= 11 is 8.07. The number of fused-ring (bicyclic) bond motifs is 2. The van der Waals surface area contributed by atoms with Crippen LogP contribution in [0.3, 0.4) is 0 Å². The zero-order valence-electron chi connectivity index (χ0n) is 20.9. The van der Waals surface area contributed by atoms with Gasteiger partial charge < -0.3 is 31.1 Å². The number of likely N-dealkylation sites (N-methyl/N-ethyl adjacent to an activating group) is 1. The number of anilines is 2. The number of aromatic nitrogens is 3.